The number of hydrogen-bond donors (Lipinski definition) is 2. The van der Waals surface area contributed by atoms with E-state index in [-0.39, 0.29) is 18.6 Å². The average Bonchev–Trinajstić information content (AvgIpc) is 2.81. The van der Waals surface area contributed by atoms with Gasteiger partial charge in [-0.3, -0.25) is 4.79 Å². The molecule has 1 amide bonds. The molecule has 1 rings (SSSR count). The van der Waals surface area contributed by atoms with Crippen LogP contribution >= 0.6 is 0 Å². The number of nitrogens with zero attached hydrogens (tertiary/aromatic N) is 1. The third-order valence-electron chi connectivity index (χ3n) is 2.65. The highest BCUT2D eigenvalue weighted by Gasteiger charge is 2.14. The molecular weight excluding hydrogens is 220 g/mol. The molecule has 2 N–H and O–H groups in total. The number of hydrogen-bond acceptors (Lipinski definition) is 3. The summed E-state index contributed by atoms with van der Waals surface area (Å²) < 4.78 is 6.82. The van der Waals surface area contributed by atoms with Crippen LogP contribution in [0, 0.1) is 0 Å². The Hall–Kier alpha value is -1.33. The molecule has 1 unspecified atom stereocenters. The second-order valence-corrected chi connectivity index (χ2v) is 3.84. The average molecular weight is 240 g/mol. The third-order valence-corrected chi connectivity index (χ3v) is 2.65. The number of carbonyl (C=O) groups excluding carboxylic acids is 1. The summed E-state index contributed by atoms with van der Waals surface area (Å²) in [5.74, 6) is -0.160. The van der Waals surface area contributed by atoms with E-state index in [0.29, 0.717) is 25.3 Å². The molecule has 5 nitrogen and oxygen atoms in total. The van der Waals surface area contributed by atoms with E-state index in [1.165, 1.54) is 0 Å². The zero-order chi connectivity index (χ0) is 12.7. The van der Waals surface area contributed by atoms with E-state index in [1.807, 2.05) is 23.8 Å². The number of carbonyl (C=O) groups is 1. The number of methoxy groups -OCH3 is 1. The molecule has 17 heavy (non-hydrogen) atoms. The summed E-state index contributed by atoms with van der Waals surface area (Å²) in [5.41, 5.74) is 0.592. The third kappa shape index (κ3) is 3.87. The molecule has 1 aromatic rings. The molecule has 0 aliphatic heterocycles. The highest BCUT2D eigenvalue weighted by atomic mass is 16.5. The van der Waals surface area contributed by atoms with Crippen LogP contribution in [0.2, 0.25) is 0 Å². The van der Waals surface area contributed by atoms with Crippen LogP contribution < -0.4 is 5.32 Å². The van der Waals surface area contributed by atoms with Gasteiger partial charge >= 0.3 is 0 Å². The summed E-state index contributed by atoms with van der Waals surface area (Å²) in [6.45, 7) is 3.08. The summed E-state index contributed by atoms with van der Waals surface area (Å²) in [6.07, 6.45) is 2.55. The molecule has 0 aliphatic carbocycles. The van der Waals surface area contributed by atoms with Crippen molar-refractivity contribution < 1.29 is 14.6 Å². The number of aliphatic hydroxyl groups excluding tert-OH is 1. The Kier molecular flexibility index (Phi) is 5.72. The van der Waals surface area contributed by atoms with Crippen molar-refractivity contribution in [1.29, 1.82) is 0 Å². The molecule has 96 valence electrons. The fraction of sp³-hybridized carbons (Fsp3) is 0.583. The van der Waals surface area contributed by atoms with Crippen LogP contribution in [0.5, 0.6) is 0 Å². The van der Waals surface area contributed by atoms with E-state index in [4.69, 9.17) is 9.84 Å². The van der Waals surface area contributed by atoms with Gasteiger partial charge in [0.2, 0.25) is 0 Å². The fourth-order valence-corrected chi connectivity index (χ4v) is 1.54. The van der Waals surface area contributed by atoms with Crippen molar-refractivity contribution in [2.45, 2.75) is 25.9 Å². The largest absolute Gasteiger partial charge is 0.394 e. The number of nitrogens with one attached hydrogen (secondary N) is 1. The van der Waals surface area contributed by atoms with Gasteiger partial charge in [0.05, 0.1) is 19.3 Å². The van der Waals surface area contributed by atoms with Gasteiger partial charge in [-0.05, 0) is 18.6 Å². The van der Waals surface area contributed by atoms with Gasteiger partial charge in [0, 0.05) is 19.9 Å². The quantitative estimate of drug-likeness (QED) is 0.735. The van der Waals surface area contributed by atoms with Crippen molar-refractivity contribution in [1.82, 2.24) is 9.88 Å². The fourth-order valence-electron chi connectivity index (χ4n) is 1.54. The smallest absolute Gasteiger partial charge is 0.268 e. The molecule has 0 fully saturated rings. The van der Waals surface area contributed by atoms with E-state index >= 15 is 0 Å². The SMILES string of the molecule is CCC(CO)NC(=O)c1cccn1CCOC. The molecule has 1 aromatic heterocycles. The van der Waals surface area contributed by atoms with E-state index in [1.54, 1.807) is 13.2 Å². The molecule has 0 bridgehead atoms. The standard InChI is InChI=1S/C12H20N2O3/c1-3-10(9-15)13-12(16)11-5-4-6-14(11)7-8-17-2/h4-6,10,15H,3,7-9H2,1-2H3,(H,13,16). The maximum Gasteiger partial charge on any atom is 0.268 e. The van der Waals surface area contributed by atoms with E-state index < -0.39 is 0 Å². The minimum Gasteiger partial charge on any atom is -0.394 e. The van der Waals surface area contributed by atoms with Crippen LogP contribution in [0.15, 0.2) is 18.3 Å². The molecule has 5 heteroatoms. The number of amides is 1. The topological polar surface area (TPSA) is 63.5 Å². The van der Waals surface area contributed by atoms with Crippen LogP contribution in [0.1, 0.15) is 23.8 Å². The van der Waals surface area contributed by atoms with Gasteiger partial charge in [0.15, 0.2) is 0 Å². The van der Waals surface area contributed by atoms with E-state index in [9.17, 15) is 4.79 Å². The molecule has 0 aliphatic rings. The summed E-state index contributed by atoms with van der Waals surface area (Å²) in [6, 6.07) is 3.40. The van der Waals surface area contributed by atoms with Gasteiger partial charge in [0.25, 0.3) is 5.91 Å². The van der Waals surface area contributed by atoms with Crippen LogP contribution in [0.25, 0.3) is 0 Å². The van der Waals surface area contributed by atoms with Crippen LogP contribution in [-0.2, 0) is 11.3 Å². The lowest BCUT2D eigenvalue weighted by molar-refractivity contribution is 0.0903. The van der Waals surface area contributed by atoms with Crippen LogP contribution in [-0.4, -0.2) is 41.9 Å². The van der Waals surface area contributed by atoms with Gasteiger partial charge in [-0.2, -0.15) is 0 Å². The van der Waals surface area contributed by atoms with Crippen molar-refractivity contribution in [3.8, 4) is 0 Å². The summed E-state index contributed by atoms with van der Waals surface area (Å²) in [7, 11) is 1.63. The minimum absolute atomic E-state index is 0.0407. The first-order chi connectivity index (χ1) is 8.22. The molecular formula is C12H20N2O3. The monoisotopic (exact) mass is 240 g/mol. The lowest BCUT2D eigenvalue weighted by Gasteiger charge is -2.15. The van der Waals surface area contributed by atoms with Crippen molar-refractivity contribution >= 4 is 5.91 Å². The first-order valence-corrected chi connectivity index (χ1v) is 5.78. The number of aliphatic hydroxyl groups is 1. The molecule has 0 saturated carbocycles. The Morgan fingerprint density at radius 3 is 3.00 bits per heavy atom. The predicted octanol–water partition coefficient (Wildman–Crippen LogP) is 0.635. The number of rotatable bonds is 7. The number of ether oxygens (including phenoxy) is 1. The molecule has 0 aromatic carbocycles. The van der Waals surface area contributed by atoms with Gasteiger partial charge in [-0.25, -0.2) is 0 Å². The molecule has 0 spiro atoms. The Bertz CT molecular complexity index is 345. The second-order valence-electron chi connectivity index (χ2n) is 3.84. The summed E-state index contributed by atoms with van der Waals surface area (Å²) in [4.78, 5) is 11.9. The molecule has 1 heterocycles. The zero-order valence-electron chi connectivity index (χ0n) is 10.3. The first kappa shape index (κ1) is 13.7. The Morgan fingerprint density at radius 1 is 1.65 bits per heavy atom. The van der Waals surface area contributed by atoms with Crippen LogP contribution in [0.4, 0.5) is 0 Å². The first-order valence-electron chi connectivity index (χ1n) is 5.78. The van der Waals surface area contributed by atoms with Crippen molar-refractivity contribution in [2.75, 3.05) is 20.3 Å². The maximum atomic E-state index is 11.9. The number of aromatic nitrogens is 1. The highest BCUT2D eigenvalue weighted by molar-refractivity contribution is 5.92. The van der Waals surface area contributed by atoms with Crippen molar-refractivity contribution in [2.24, 2.45) is 0 Å². The molecule has 0 saturated heterocycles. The lowest BCUT2D eigenvalue weighted by Crippen LogP contribution is -2.38. The van der Waals surface area contributed by atoms with Gasteiger partial charge in [-0.1, -0.05) is 6.92 Å². The summed E-state index contributed by atoms with van der Waals surface area (Å²) in [5, 5.41) is 11.8. The Labute approximate surface area is 101 Å². The van der Waals surface area contributed by atoms with Gasteiger partial charge in [-0.15, -0.1) is 0 Å². The lowest BCUT2D eigenvalue weighted by atomic mass is 10.2. The predicted molar refractivity (Wildman–Crippen MR) is 64.9 cm³/mol. The molecule has 1 atom stereocenters. The van der Waals surface area contributed by atoms with Crippen molar-refractivity contribution in [3.63, 3.8) is 0 Å². The second kappa shape index (κ2) is 7.09. The van der Waals surface area contributed by atoms with Gasteiger partial charge in [0.1, 0.15) is 5.69 Å². The van der Waals surface area contributed by atoms with Crippen LogP contribution in [0.3, 0.4) is 0 Å². The summed E-state index contributed by atoms with van der Waals surface area (Å²) >= 11 is 0. The minimum atomic E-state index is -0.187. The van der Waals surface area contributed by atoms with Gasteiger partial charge < -0.3 is 19.7 Å². The Morgan fingerprint density at radius 2 is 2.41 bits per heavy atom. The van der Waals surface area contributed by atoms with E-state index in [0.717, 1.165) is 0 Å². The van der Waals surface area contributed by atoms with E-state index in [2.05, 4.69) is 5.32 Å². The normalized spacial score (nSPS) is 12.4. The van der Waals surface area contributed by atoms with Crippen molar-refractivity contribution in [3.05, 3.63) is 24.0 Å². The maximum absolute atomic E-state index is 11.9. The Balaban J connectivity index is 2.64. The molecule has 0 radical (unpaired) electrons. The highest BCUT2D eigenvalue weighted by Crippen LogP contribution is 2.03. The zero-order valence-corrected chi connectivity index (χ0v) is 10.3.